The summed E-state index contributed by atoms with van der Waals surface area (Å²) in [6.45, 7) is 1.52. The van der Waals surface area contributed by atoms with Crippen molar-refractivity contribution < 1.29 is 0 Å². The average molecular weight is 344 g/mol. The lowest BCUT2D eigenvalue weighted by Crippen LogP contribution is -2.03. The van der Waals surface area contributed by atoms with Gasteiger partial charge >= 0.3 is 0 Å². The molecule has 0 aliphatic heterocycles. The van der Waals surface area contributed by atoms with Crippen molar-refractivity contribution in [2.75, 3.05) is 0 Å². The van der Waals surface area contributed by atoms with Gasteiger partial charge in [-0.1, -0.05) is 46.7 Å². The van der Waals surface area contributed by atoms with E-state index in [1.54, 1.807) is 4.68 Å². The molecule has 2 heterocycles. The molecule has 0 radical (unpaired) electrons. The van der Waals surface area contributed by atoms with Crippen LogP contribution in [0.5, 0.6) is 0 Å². The molecule has 0 amide bonds. The first kappa shape index (κ1) is 15.9. The fourth-order valence-electron chi connectivity index (χ4n) is 2.95. The zero-order chi connectivity index (χ0) is 17.8. The van der Waals surface area contributed by atoms with Gasteiger partial charge in [-0.15, -0.1) is 5.10 Å². The summed E-state index contributed by atoms with van der Waals surface area (Å²) in [6.07, 6.45) is 3.75. The first-order valence-corrected chi connectivity index (χ1v) is 8.20. The van der Waals surface area contributed by atoms with Gasteiger partial charge in [-0.3, -0.25) is 0 Å². The smallest absolute Gasteiger partial charge is 0.102 e. The molecular formula is C18H16N8. The van der Waals surface area contributed by atoms with Crippen LogP contribution in [-0.2, 0) is 19.6 Å². The summed E-state index contributed by atoms with van der Waals surface area (Å²) in [5.74, 6) is 0. The molecule has 0 aliphatic carbocycles. The molecule has 0 unspecified atom stereocenters. The Labute approximate surface area is 149 Å². The van der Waals surface area contributed by atoms with Crippen molar-refractivity contribution in [1.82, 2.24) is 24.5 Å². The molecule has 4 aromatic rings. The predicted molar refractivity (Wildman–Crippen MR) is 97.3 cm³/mol. The van der Waals surface area contributed by atoms with Crippen LogP contribution < -0.4 is 0 Å². The lowest BCUT2D eigenvalue weighted by molar-refractivity contribution is 0.644. The molecule has 4 rings (SSSR count). The minimum absolute atomic E-state index is 0.329. The van der Waals surface area contributed by atoms with Crippen LogP contribution in [0, 0.1) is 0 Å². The van der Waals surface area contributed by atoms with Crippen LogP contribution in [0.15, 0.2) is 66.2 Å². The van der Waals surface area contributed by atoms with Gasteiger partial charge in [0, 0.05) is 4.91 Å². The molecule has 2 aromatic carbocycles. The second kappa shape index (κ2) is 7.08. The minimum Gasteiger partial charge on any atom is -0.324 e. The van der Waals surface area contributed by atoms with Gasteiger partial charge in [0.05, 0.1) is 43.2 Å². The highest BCUT2D eigenvalue weighted by Gasteiger charge is 2.07. The Bertz CT molecular complexity index is 1090. The van der Waals surface area contributed by atoms with Crippen LogP contribution in [0.1, 0.15) is 16.8 Å². The number of aromatic nitrogens is 5. The maximum atomic E-state index is 8.53. The maximum absolute atomic E-state index is 8.53. The highest BCUT2D eigenvalue weighted by molar-refractivity contribution is 5.74. The first-order valence-electron chi connectivity index (χ1n) is 8.20. The maximum Gasteiger partial charge on any atom is 0.102 e. The molecule has 0 saturated carbocycles. The highest BCUT2D eigenvalue weighted by Crippen LogP contribution is 2.14. The van der Waals surface area contributed by atoms with Gasteiger partial charge in [0.2, 0.25) is 0 Å². The molecule has 8 nitrogen and oxygen atoms in total. The van der Waals surface area contributed by atoms with Gasteiger partial charge in [0.25, 0.3) is 0 Å². The number of azide groups is 1. The Kier molecular flexibility index (Phi) is 4.32. The summed E-state index contributed by atoms with van der Waals surface area (Å²) in [5, 5.41) is 12.1. The summed E-state index contributed by atoms with van der Waals surface area (Å²) >= 11 is 0. The van der Waals surface area contributed by atoms with E-state index in [0.717, 1.165) is 27.9 Å². The number of nitrogens with zero attached hydrogens (tertiary/aromatic N) is 8. The second-order valence-electron chi connectivity index (χ2n) is 5.93. The number of fused-ring (bicyclic) bond motifs is 1. The van der Waals surface area contributed by atoms with Crippen molar-refractivity contribution in [2.24, 2.45) is 5.11 Å². The van der Waals surface area contributed by atoms with Crippen LogP contribution >= 0.6 is 0 Å². The van der Waals surface area contributed by atoms with E-state index in [1.165, 1.54) is 0 Å². The Balaban J connectivity index is 1.53. The summed E-state index contributed by atoms with van der Waals surface area (Å²) < 4.78 is 3.85. The zero-order valence-corrected chi connectivity index (χ0v) is 14.0. The molecule has 2 aromatic heterocycles. The first-order chi connectivity index (χ1) is 12.8. The molecule has 8 heteroatoms. The number of rotatable bonds is 6. The third kappa shape index (κ3) is 3.26. The van der Waals surface area contributed by atoms with Crippen LogP contribution in [0.4, 0.5) is 0 Å². The van der Waals surface area contributed by atoms with Crippen molar-refractivity contribution in [3.05, 3.63) is 88.3 Å². The molecule has 0 fully saturated rings. The molecular weight excluding hydrogens is 328 g/mol. The van der Waals surface area contributed by atoms with E-state index in [-0.39, 0.29) is 0 Å². The Morgan fingerprint density at radius 1 is 1.00 bits per heavy atom. The van der Waals surface area contributed by atoms with Gasteiger partial charge < -0.3 is 4.57 Å². The van der Waals surface area contributed by atoms with E-state index in [4.69, 9.17) is 5.53 Å². The van der Waals surface area contributed by atoms with Crippen LogP contribution in [-0.4, -0.2) is 24.5 Å². The van der Waals surface area contributed by atoms with E-state index in [9.17, 15) is 0 Å². The summed E-state index contributed by atoms with van der Waals surface area (Å²) in [6, 6.07) is 15.9. The van der Waals surface area contributed by atoms with Crippen LogP contribution in [0.25, 0.3) is 21.5 Å². The van der Waals surface area contributed by atoms with Gasteiger partial charge in [0.15, 0.2) is 0 Å². The van der Waals surface area contributed by atoms with Crippen molar-refractivity contribution >= 4 is 11.0 Å². The number of benzene rings is 2. The van der Waals surface area contributed by atoms with E-state index in [2.05, 4.69) is 29.9 Å². The molecule has 0 atom stereocenters. The number of hydrogen-bond acceptors (Lipinski definition) is 4. The van der Waals surface area contributed by atoms with Gasteiger partial charge in [0.1, 0.15) is 5.69 Å². The normalized spacial score (nSPS) is 10.8. The standard InChI is InChI=1S/C18H16N8/c19-23-21-9-14-5-1-2-6-15(14)10-26-12-16(22-24-26)11-25-13-20-17-7-3-4-8-18(17)25/h1-8,12-13H,9-11H2. The van der Waals surface area contributed by atoms with Crippen molar-refractivity contribution in [2.45, 2.75) is 19.6 Å². The summed E-state index contributed by atoms with van der Waals surface area (Å²) in [7, 11) is 0. The summed E-state index contributed by atoms with van der Waals surface area (Å²) in [4.78, 5) is 7.23. The van der Waals surface area contributed by atoms with Crippen LogP contribution in [0.3, 0.4) is 0 Å². The zero-order valence-electron chi connectivity index (χ0n) is 14.0. The molecule has 0 spiro atoms. The van der Waals surface area contributed by atoms with Crippen molar-refractivity contribution in [3.8, 4) is 0 Å². The molecule has 0 bridgehead atoms. The number of imidazole rings is 1. The number of hydrogen-bond donors (Lipinski definition) is 0. The SMILES string of the molecule is [N-]=[N+]=NCc1ccccc1Cn1cc(Cn2cnc3ccccc32)nn1. The third-order valence-corrected chi connectivity index (χ3v) is 4.20. The molecule has 0 aliphatic rings. The van der Waals surface area contributed by atoms with Gasteiger partial charge in [-0.05, 0) is 28.8 Å². The Morgan fingerprint density at radius 2 is 1.81 bits per heavy atom. The largest absolute Gasteiger partial charge is 0.324 e. The van der Waals surface area contributed by atoms with E-state index in [0.29, 0.717) is 19.6 Å². The number of para-hydroxylation sites is 2. The fourth-order valence-corrected chi connectivity index (χ4v) is 2.95. The van der Waals surface area contributed by atoms with Crippen LogP contribution in [0.2, 0.25) is 0 Å². The molecule has 0 saturated heterocycles. The van der Waals surface area contributed by atoms with E-state index in [1.807, 2.05) is 61.1 Å². The molecule has 0 N–H and O–H groups in total. The lowest BCUT2D eigenvalue weighted by atomic mass is 10.1. The average Bonchev–Trinajstić information content (AvgIpc) is 3.29. The Morgan fingerprint density at radius 3 is 2.69 bits per heavy atom. The van der Waals surface area contributed by atoms with Gasteiger partial charge in [-0.25, -0.2) is 9.67 Å². The van der Waals surface area contributed by atoms with E-state index < -0.39 is 0 Å². The summed E-state index contributed by atoms with van der Waals surface area (Å²) in [5.41, 5.74) is 13.5. The van der Waals surface area contributed by atoms with Gasteiger partial charge in [-0.2, -0.15) is 0 Å². The third-order valence-electron chi connectivity index (χ3n) is 4.20. The molecule has 128 valence electrons. The second-order valence-corrected chi connectivity index (χ2v) is 5.93. The minimum atomic E-state index is 0.329. The monoisotopic (exact) mass is 344 g/mol. The fraction of sp³-hybridized carbons (Fsp3) is 0.167. The lowest BCUT2D eigenvalue weighted by Gasteiger charge is -2.06. The molecule has 26 heavy (non-hydrogen) atoms. The Hall–Kier alpha value is -3.64. The van der Waals surface area contributed by atoms with E-state index >= 15 is 0 Å². The topological polar surface area (TPSA) is 97.3 Å². The highest BCUT2D eigenvalue weighted by atomic mass is 15.4. The quantitative estimate of drug-likeness (QED) is 0.304. The van der Waals surface area contributed by atoms with Crippen molar-refractivity contribution in [3.63, 3.8) is 0 Å². The van der Waals surface area contributed by atoms with Crippen molar-refractivity contribution in [1.29, 1.82) is 0 Å². The predicted octanol–water partition coefficient (Wildman–Crippen LogP) is 3.53.